The molecule has 2 rings (SSSR count). The third kappa shape index (κ3) is 3.20. The van der Waals surface area contributed by atoms with Gasteiger partial charge in [0.2, 0.25) is 0 Å². The van der Waals surface area contributed by atoms with Crippen LogP contribution in [0, 0.1) is 22.7 Å². The second-order valence-electron chi connectivity index (χ2n) is 7.25. The molecule has 0 bridgehead atoms. The topological polar surface area (TPSA) is 73.2 Å². The number of hydrogen-bond acceptors (Lipinski definition) is 3. The van der Waals surface area contributed by atoms with Gasteiger partial charge in [0.05, 0.1) is 11.5 Å². The molecule has 0 aromatic rings. The van der Waals surface area contributed by atoms with Gasteiger partial charge in [-0.3, -0.25) is 9.69 Å². The lowest BCUT2D eigenvalue weighted by atomic mass is 9.77. The zero-order chi connectivity index (χ0) is 15.7. The van der Waals surface area contributed by atoms with Crippen LogP contribution >= 0.6 is 0 Å². The number of nitriles is 1. The van der Waals surface area contributed by atoms with Gasteiger partial charge < -0.3 is 5.32 Å². The zero-order valence-corrected chi connectivity index (χ0v) is 13.2. The molecule has 0 unspecified atom stereocenters. The number of hydrogen-bond donors (Lipinski definition) is 1. The lowest BCUT2D eigenvalue weighted by Crippen LogP contribution is -2.49. The third-order valence-corrected chi connectivity index (χ3v) is 4.86. The maximum Gasteiger partial charge on any atom is 0.325 e. The van der Waals surface area contributed by atoms with E-state index < -0.39 is 11.0 Å². The van der Waals surface area contributed by atoms with Gasteiger partial charge in [0.25, 0.3) is 5.91 Å². The van der Waals surface area contributed by atoms with Crippen molar-refractivity contribution in [1.29, 1.82) is 5.26 Å². The highest BCUT2D eigenvalue weighted by molar-refractivity contribution is 6.07. The Kier molecular flexibility index (Phi) is 4.27. The third-order valence-electron chi connectivity index (χ3n) is 4.86. The van der Waals surface area contributed by atoms with E-state index in [1.165, 1.54) is 4.90 Å². The Morgan fingerprint density at radius 1 is 1.38 bits per heavy atom. The summed E-state index contributed by atoms with van der Waals surface area (Å²) in [5, 5.41) is 11.9. The van der Waals surface area contributed by atoms with Crippen molar-refractivity contribution in [3.63, 3.8) is 0 Å². The second kappa shape index (κ2) is 5.67. The van der Waals surface area contributed by atoms with Crippen molar-refractivity contribution in [3.05, 3.63) is 0 Å². The monoisotopic (exact) mass is 291 g/mol. The van der Waals surface area contributed by atoms with Crippen LogP contribution in [-0.2, 0) is 4.79 Å². The highest BCUT2D eigenvalue weighted by Gasteiger charge is 2.51. The van der Waals surface area contributed by atoms with Crippen molar-refractivity contribution in [2.45, 2.75) is 64.8 Å². The van der Waals surface area contributed by atoms with Crippen molar-refractivity contribution >= 4 is 11.9 Å². The molecule has 116 valence electrons. The normalized spacial score (nSPS) is 29.6. The molecule has 1 N–H and O–H groups in total. The highest BCUT2D eigenvalue weighted by Crippen LogP contribution is 2.36. The standard InChI is InChI=1S/C16H25N3O2/c1-12-5-8-16(9-6-12)13(20)19(14(21)18-16)10-4-7-15(2,3)11-17/h12H,4-10H2,1-3H3,(H,18,21). The van der Waals surface area contributed by atoms with E-state index >= 15 is 0 Å². The Bertz CT molecular complexity index is 470. The van der Waals surface area contributed by atoms with Gasteiger partial charge >= 0.3 is 6.03 Å². The largest absolute Gasteiger partial charge is 0.325 e. The van der Waals surface area contributed by atoms with Gasteiger partial charge in [-0.15, -0.1) is 0 Å². The first-order chi connectivity index (χ1) is 9.80. The molecule has 1 aliphatic heterocycles. The predicted octanol–water partition coefficient (Wildman–Crippen LogP) is 2.82. The molecular formula is C16H25N3O2. The lowest BCUT2D eigenvalue weighted by molar-refractivity contribution is -0.132. The number of nitrogens with one attached hydrogen (secondary N) is 1. The number of nitrogens with zero attached hydrogens (tertiary/aromatic N) is 2. The number of imide groups is 1. The van der Waals surface area contributed by atoms with Crippen LogP contribution in [0.3, 0.4) is 0 Å². The summed E-state index contributed by atoms with van der Waals surface area (Å²) in [6, 6.07) is 1.99. The molecule has 1 heterocycles. The lowest BCUT2D eigenvalue weighted by Gasteiger charge is -2.33. The quantitative estimate of drug-likeness (QED) is 0.809. The Labute approximate surface area is 126 Å². The fraction of sp³-hybridized carbons (Fsp3) is 0.812. The Morgan fingerprint density at radius 2 is 2.00 bits per heavy atom. The van der Waals surface area contributed by atoms with Crippen molar-refractivity contribution in [2.75, 3.05) is 6.54 Å². The molecule has 5 heteroatoms. The Balaban J connectivity index is 1.95. The maximum absolute atomic E-state index is 12.6. The van der Waals surface area contributed by atoms with Gasteiger partial charge in [0.1, 0.15) is 5.54 Å². The van der Waals surface area contributed by atoms with E-state index in [1.54, 1.807) is 0 Å². The second-order valence-corrected chi connectivity index (χ2v) is 7.25. The van der Waals surface area contributed by atoms with Crippen LogP contribution in [0.5, 0.6) is 0 Å². The molecule has 1 saturated carbocycles. The minimum atomic E-state index is -0.645. The van der Waals surface area contributed by atoms with Crippen LogP contribution in [0.15, 0.2) is 0 Å². The number of amides is 3. The Morgan fingerprint density at radius 3 is 2.57 bits per heavy atom. The van der Waals surface area contributed by atoms with Crippen molar-refractivity contribution < 1.29 is 9.59 Å². The van der Waals surface area contributed by atoms with Crippen LogP contribution < -0.4 is 5.32 Å². The minimum absolute atomic E-state index is 0.0610. The molecule has 1 saturated heterocycles. The first kappa shape index (κ1) is 15.8. The molecular weight excluding hydrogens is 266 g/mol. The number of rotatable bonds is 4. The fourth-order valence-corrected chi connectivity index (χ4v) is 3.21. The van der Waals surface area contributed by atoms with Crippen molar-refractivity contribution in [1.82, 2.24) is 10.2 Å². The molecule has 1 spiro atoms. The molecule has 2 fully saturated rings. The van der Waals surface area contributed by atoms with Gasteiger partial charge in [-0.25, -0.2) is 4.79 Å². The van der Waals surface area contributed by atoms with E-state index in [1.807, 2.05) is 13.8 Å². The average molecular weight is 291 g/mol. The van der Waals surface area contributed by atoms with Gasteiger partial charge in [0.15, 0.2) is 0 Å². The first-order valence-corrected chi connectivity index (χ1v) is 7.85. The molecule has 0 atom stereocenters. The van der Waals surface area contributed by atoms with Crippen LogP contribution in [0.1, 0.15) is 59.3 Å². The SMILES string of the molecule is CC1CCC2(CC1)NC(=O)N(CCCC(C)(C)C#N)C2=O. The molecule has 1 aliphatic carbocycles. The van der Waals surface area contributed by atoms with E-state index in [-0.39, 0.29) is 11.9 Å². The first-order valence-electron chi connectivity index (χ1n) is 7.85. The van der Waals surface area contributed by atoms with E-state index in [2.05, 4.69) is 18.3 Å². The Hall–Kier alpha value is -1.57. The predicted molar refractivity (Wildman–Crippen MR) is 79.2 cm³/mol. The summed E-state index contributed by atoms with van der Waals surface area (Å²) in [6.45, 7) is 6.36. The number of urea groups is 1. The smallest absolute Gasteiger partial charge is 0.323 e. The summed E-state index contributed by atoms with van der Waals surface area (Å²) in [5.74, 6) is 0.569. The van der Waals surface area contributed by atoms with Crippen LogP contribution in [0.2, 0.25) is 0 Å². The summed E-state index contributed by atoms with van der Waals surface area (Å²) in [7, 11) is 0. The van der Waals surface area contributed by atoms with Crippen LogP contribution in [0.4, 0.5) is 4.79 Å². The van der Waals surface area contributed by atoms with Gasteiger partial charge in [-0.2, -0.15) is 5.26 Å². The summed E-state index contributed by atoms with van der Waals surface area (Å²) in [6.07, 6.45) is 4.83. The summed E-state index contributed by atoms with van der Waals surface area (Å²) >= 11 is 0. The maximum atomic E-state index is 12.6. The highest BCUT2D eigenvalue weighted by atomic mass is 16.2. The van der Waals surface area contributed by atoms with E-state index in [0.29, 0.717) is 25.3 Å². The fourth-order valence-electron chi connectivity index (χ4n) is 3.21. The summed E-state index contributed by atoms with van der Waals surface area (Å²) in [5.41, 5.74) is -1.05. The molecule has 3 amide bonds. The van der Waals surface area contributed by atoms with Crippen LogP contribution in [-0.4, -0.2) is 28.9 Å². The van der Waals surface area contributed by atoms with Gasteiger partial charge in [-0.05, 0) is 58.3 Å². The molecule has 2 aliphatic rings. The van der Waals surface area contributed by atoms with Crippen LogP contribution in [0.25, 0.3) is 0 Å². The van der Waals surface area contributed by atoms with Crippen molar-refractivity contribution in [2.24, 2.45) is 11.3 Å². The van der Waals surface area contributed by atoms with Gasteiger partial charge in [0, 0.05) is 6.54 Å². The van der Waals surface area contributed by atoms with Gasteiger partial charge in [-0.1, -0.05) is 6.92 Å². The summed E-state index contributed by atoms with van der Waals surface area (Å²) in [4.78, 5) is 26.0. The van der Waals surface area contributed by atoms with E-state index in [4.69, 9.17) is 5.26 Å². The number of carbonyl (C=O) groups excluding carboxylic acids is 2. The number of carbonyl (C=O) groups is 2. The molecule has 21 heavy (non-hydrogen) atoms. The van der Waals surface area contributed by atoms with Crippen molar-refractivity contribution in [3.8, 4) is 6.07 Å². The van der Waals surface area contributed by atoms with E-state index in [0.717, 1.165) is 25.7 Å². The molecule has 0 aromatic heterocycles. The molecule has 0 aromatic carbocycles. The molecule has 5 nitrogen and oxygen atoms in total. The zero-order valence-electron chi connectivity index (χ0n) is 13.2. The molecule has 0 radical (unpaired) electrons. The average Bonchev–Trinajstić information content (AvgIpc) is 2.67. The minimum Gasteiger partial charge on any atom is -0.323 e. The van der Waals surface area contributed by atoms with E-state index in [9.17, 15) is 9.59 Å². The summed E-state index contributed by atoms with van der Waals surface area (Å²) < 4.78 is 0.